The van der Waals surface area contributed by atoms with E-state index < -0.39 is 27.8 Å². The van der Waals surface area contributed by atoms with E-state index in [1.165, 1.54) is 43.5 Å². The third-order valence-electron chi connectivity index (χ3n) is 7.45. The molecule has 0 spiro atoms. The Balaban J connectivity index is 1.97. The van der Waals surface area contributed by atoms with Gasteiger partial charge in [-0.3, -0.25) is 9.35 Å². The van der Waals surface area contributed by atoms with Crippen LogP contribution in [0.15, 0.2) is 65.3 Å². The predicted octanol–water partition coefficient (Wildman–Crippen LogP) is 3.14. The number of methoxy groups -OCH3 is 1. The number of unbranched alkanes of at least 4 members (excludes halogenated alkanes) is 1. The molecular weight excluding hydrogens is 586 g/mol. The predicted molar refractivity (Wildman–Crippen MR) is 174 cm³/mol. The molecule has 0 bridgehead atoms. The first-order chi connectivity index (χ1) is 20.9. The zero-order valence-corrected chi connectivity index (χ0v) is 27.3. The average Bonchev–Trinajstić information content (AvgIpc) is 3.00. The molecule has 12 heteroatoms. The monoisotopic (exact) mass is 639 g/mol. The van der Waals surface area contributed by atoms with E-state index in [0.717, 1.165) is 38.1 Å². The minimum absolute atomic E-state index is 0.00657. The molecule has 0 unspecified atom stereocenters. The van der Waals surface area contributed by atoms with Crippen LogP contribution in [0.25, 0.3) is 0 Å². The number of piperidine rings is 1. The van der Waals surface area contributed by atoms with Crippen molar-refractivity contribution in [3.05, 3.63) is 66.0 Å². The van der Waals surface area contributed by atoms with Crippen molar-refractivity contribution >= 4 is 15.4 Å². The van der Waals surface area contributed by atoms with Crippen LogP contribution in [-0.2, 0) is 23.7 Å². The topological polar surface area (TPSA) is 159 Å². The van der Waals surface area contributed by atoms with Crippen LogP contribution in [0.1, 0.15) is 55.8 Å². The van der Waals surface area contributed by atoms with Gasteiger partial charge in [0, 0.05) is 25.5 Å². The largest absolute Gasteiger partial charge is 0.498 e. The van der Waals surface area contributed by atoms with Crippen LogP contribution < -0.4 is 15.4 Å². The molecule has 250 valence electrons. The van der Waals surface area contributed by atoms with Gasteiger partial charge in [0.05, 0.1) is 43.1 Å². The summed E-state index contributed by atoms with van der Waals surface area (Å²) in [5.41, 5.74) is 0.782. The molecule has 1 aliphatic heterocycles. The van der Waals surface area contributed by atoms with E-state index in [4.69, 9.17) is 14.2 Å². The molecule has 1 heterocycles. The summed E-state index contributed by atoms with van der Waals surface area (Å²) in [7, 11) is -3.27. The fourth-order valence-corrected chi connectivity index (χ4v) is 6.69. The minimum atomic E-state index is -4.84. The van der Waals surface area contributed by atoms with Crippen molar-refractivity contribution in [2.24, 2.45) is 5.92 Å². The van der Waals surface area contributed by atoms with E-state index in [1.54, 1.807) is 25.3 Å². The third-order valence-corrected chi connectivity index (χ3v) is 9.67. The smallest absolute Gasteiger partial charge is 0.251 e. The van der Waals surface area contributed by atoms with Crippen LogP contribution in [0.3, 0.4) is 0 Å². The van der Waals surface area contributed by atoms with Gasteiger partial charge in [0.1, 0.15) is 0 Å². The van der Waals surface area contributed by atoms with Crippen molar-refractivity contribution in [2.75, 3.05) is 59.4 Å². The number of carbonyl (C=O) groups excluding carboxylic acids is 1. The van der Waals surface area contributed by atoms with Gasteiger partial charge in [-0.15, -0.1) is 9.53 Å². The molecule has 0 radical (unpaired) electrons. The summed E-state index contributed by atoms with van der Waals surface area (Å²) in [6.45, 7) is 9.88. The molecule has 0 aliphatic carbocycles. The molecule has 1 aromatic carbocycles. The standard InChI is InChI=1S/C32H53N3O8S/c1-5-26(13-12-25(2)43-19-7-6-9-27-14-16-33-17-15-27)23-30(32(37)38)35-44(4,39,40)29-11-8-10-28(24-29)31(36)34-18-20-42-22-21-41-3/h5,8,10-13,24,27,30,32-33,37-38H,1,6-7,9,14-23H2,2-4H3,(H,34,36)(H2,35,39,40)/b25-12+,26-13+/t30-/m0/s1. The van der Waals surface area contributed by atoms with Gasteiger partial charge in [-0.1, -0.05) is 31.2 Å². The number of amides is 1. The van der Waals surface area contributed by atoms with Gasteiger partial charge in [-0.25, -0.2) is 4.72 Å². The van der Waals surface area contributed by atoms with Crippen LogP contribution in [0, 0.1) is 5.92 Å². The van der Waals surface area contributed by atoms with E-state index in [1.807, 2.05) is 6.92 Å². The van der Waals surface area contributed by atoms with Gasteiger partial charge < -0.3 is 35.1 Å². The Morgan fingerprint density at radius 1 is 1.16 bits per heavy atom. The van der Waals surface area contributed by atoms with Crippen molar-refractivity contribution in [3.63, 3.8) is 0 Å². The normalized spacial score (nSPS) is 16.8. The van der Waals surface area contributed by atoms with Gasteiger partial charge >= 0.3 is 0 Å². The fourth-order valence-electron chi connectivity index (χ4n) is 4.84. The van der Waals surface area contributed by atoms with Crippen molar-refractivity contribution < 1.29 is 38.0 Å². The van der Waals surface area contributed by atoms with Gasteiger partial charge in [0.15, 0.2) is 6.29 Å². The minimum Gasteiger partial charge on any atom is -0.498 e. The van der Waals surface area contributed by atoms with Gasteiger partial charge in [-0.05, 0) is 87.9 Å². The maximum absolute atomic E-state index is 13.8. The molecule has 2 rings (SSSR count). The molecule has 1 saturated heterocycles. The number of aliphatic hydroxyl groups excluding tert-OH is 1. The maximum Gasteiger partial charge on any atom is 0.251 e. The summed E-state index contributed by atoms with van der Waals surface area (Å²) in [5, 5.41) is 26.3. The Morgan fingerprint density at radius 2 is 1.91 bits per heavy atom. The highest BCUT2D eigenvalue weighted by molar-refractivity contribution is 8.12. The number of hydrogen-bond donors (Lipinski definition) is 6. The van der Waals surface area contributed by atoms with E-state index in [0.29, 0.717) is 37.8 Å². The fraction of sp³-hybridized carbons (Fsp3) is 0.594. The molecule has 1 aliphatic rings. The number of allylic oxidation sites excluding steroid dienone is 4. The summed E-state index contributed by atoms with van der Waals surface area (Å²) >= 11 is 0. The number of aliphatic hydroxyl groups is 2. The number of hydrogen-bond acceptors (Lipinski definition) is 8. The Kier molecular flexibility index (Phi) is 16.5. The molecule has 44 heavy (non-hydrogen) atoms. The highest BCUT2D eigenvalue weighted by Gasteiger charge is 2.31. The summed E-state index contributed by atoms with van der Waals surface area (Å²) in [5.74, 6) is 1.07. The molecule has 0 aromatic heterocycles. The van der Waals surface area contributed by atoms with E-state index in [9.17, 15) is 23.8 Å². The van der Waals surface area contributed by atoms with Crippen LogP contribution in [0.4, 0.5) is 0 Å². The van der Waals surface area contributed by atoms with E-state index >= 15 is 0 Å². The SMILES string of the molecule is C=C/C(=C\C=C(/C)OCCCCC1CCNCC1)C[C@H](NS(C)(=O)(O)c1cccc(C(=O)NCCOCCOC)c1)C(O)O. The average molecular weight is 640 g/mol. The molecule has 11 nitrogen and oxygen atoms in total. The van der Waals surface area contributed by atoms with Crippen LogP contribution in [-0.4, -0.2) is 96.6 Å². The van der Waals surface area contributed by atoms with Crippen molar-refractivity contribution in [1.82, 2.24) is 15.4 Å². The van der Waals surface area contributed by atoms with E-state index in [2.05, 4.69) is 21.9 Å². The van der Waals surface area contributed by atoms with Crippen molar-refractivity contribution in [2.45, 2.75) is 62.7 Å². The first-order valence-electron chi connectivity index (χ1n) is 15.3. The number of ether oxygens (including phenoxy) is 3. The lowest BCUT2D eigenvalue weighted by atomic mass is 9.93. The highest BCUT2D eigenvalue weighted by atomic mass is 32.3. The van der Waals surface area contributed by atoms with Crippen LogP contribution in [0.5, 0.6) is 0 Å². The lowest BCUT2D eigenvalue weighted by Gasteiger charge is -2.43. The molecular formula is C32H53N3O8S. The quantitative estimate of drug-likeness (QED) is 0.0515. The maximum atomic E-state index is 13.8. The van der Waals surface area contributed by atoms with E-state index in [-0.39, 0.29) is 23.4 Å². The third kappa shape index (κ3) is 14.1. The van der Waals surface area contributed by atoms with Crippen molar-refractivity contribution in [3.8, 4) is 0 Å². The zero-order chi connectivity index (χ0) is 32.5. The number of benzene rings is 1. The van der Waals surface area contributed by atoms with Gasteiger partial charge in [-0.2, -0.15) is 4.21 Å². The first-order valence-corrected chi connectivity index (χ1v) is 17.6. The molecule has 0 saturated carbocycles. The number of carbonyl (C=O) groups is 1. The molecule has 1 aromatic rings. The molecule has 1 fully saturated rings. The lowest BCUT2D eigenvalue weighted by Crippen LogP contribution is -2.55. The van der Waals surface area contributed by atoms with Crippen LogP contribution in [0.2, 0.25) is 0 Å². The first kappa shape index (κ1) is 37.8. The lowest BCUT2D eigenvalue weighted by molar-refractivity contribution is -0.0620. The summed E-state index contributed by atoms with van der Waals surface area (Å²) in [4.78, 5) is 12.6. The van der Waals surface area contributed by atoms with Crippen molar-refractivity contribution in [1.29, 1.82) is 0 Å². The number of nitrogens with one attached hydrogen (secondary N) is 3. The number of rotatable bonds is 21. The Bertz CT molecular complexity index is 1160. The Labute approximate surface area is 262 Å². The summed E-state index contributed by atoms with van der Waals surface area (Å²) in [6.07, 6.45) is 9.99. The summed E-state index contributed by atoms with van der Waals surface area (Å²) < 4.78 is 43.7. The highest BCUT2D eigenvalue weighted by Crippen LogP contribution is 2.29. The Morgan fingerprint density at radius 3 is 2.59 bits per heavy atom. The van der Waals surface area contributed by atoms with Crippen LogP contribution >= 0.6 is 0 Å². The second kappa shape index (κ2) is 19.2. The second-order valence-corrected chi connectivity index (χ2v) is 14.5. The zero-order valence-electron chi connectivity index (χ0n) is 26.5. The Hall–Kier alpha value is -2.42. The summed E-state index contributed by atoms with van der Waals surface area (Å²) in [6, 6.07) is 4.52. The second-order valence-electron chi connectivity index (χ2n) is 11.3. The molecule has 1 atom stereocenters. The van der Waals surface area contributed by atoms with Gasteiger partial charge in [0.2, 0.25) is 0 Å². The molecule has 6 N–H and O–H groups in total. The molecule has 1 amide bonds. The van der Waals surface area contributed by atoms with Gasteiger partial charge in [0.25, 0.3) is 5.91 Å².